The first-order valence-corrected chi connectivity index (χ1v) is 5.87. The van der Waals surface area contributed by atoms with Gasteiger partial charge in [-0.3, -0.25) is 0 Å². The molecular formula is C11H11BrF3N. The average Bonchev–Trinajstić information content (AvgIpc) is 2.63. The van der Waals surface area contributed by atoms with Crippen molar-refractivity contribution in [3.05, 3.63) is 33.6 Å². The fraction of sp³-hybridized carbons (Fsp3) is 0.455. The second-order valence-corrected chi connectivity index (χ2v) is 5.06. The van der Waals surface area contributed by atoms with Crippen LogP contribution in [0.4, 0.5) is 13.2 Å². The zero-order valence-corrected chi connectivity index (χ0v) is 10.1. The van der Waals surface area contributed by atoms with Crippen LogP contribution in [0.15, 0.2) is 10.5 Å². The van der Waals surface area contributed by atoms with E-state index in [-0.39, 0.29) is 10.0 Å². The summed E-state index contributed by atoms with van der Waals surface area (Å²) in [5.74, 6) is -3.02. The summed E-state index contributed by atoms with van der Waals surface area (Å²) in [5.41, 5.74) is 4.56. The molecule has 1 aliphatic rings. The Hall–Kier alpha value is -0.550. The lowest BCUT2D eigenvalue weighted by molar-refractivity contribution is 0.385. The molecule has 0 spiro atoms. The van der Waals surface area contributed by atoms with Gasteiger partial charge in [0, 0.05) is 11.1 Å². The summed E-state index contributed by atoms with van der Waals surface area (Å²) in [4.78, 5) is 0. The minimum Gasteiger partial charge on any atom is -0.321 e. The summed E-state index contributed by atoms with van der Waals surface area (Å²) < 4.78 is 40.6. The number of hydrogen-bond acceptors (Lipinski definition) is 1. The third-order valence-corrected chi connectivity index (χ3v) is 3.68. The van der Waals surface area contributed by atoms with Gasteiger partial charge in [-0.05, 0) is 34.8 Å². The Kier molecular flexibility index (Phi) is 3.01. The van der Waals surface area contributed by atoms with Crippen molar-refractivity contribution in [2.45, 2.75) is 31.2 Å². The molecule has 0 amide bonds. The van der Waals surface area contributed by atoms with Gasteiger partial charge >= 0.3 is 0 Å². The van der Waals surface area contributed by atoms with E-state index in [4.69, 9.17) is 5.73 Å². The number of nitrogens with two attached hydrogens (primary N) is 1. The minimum atomic E-state index is -1.16. The van der Waals surface area contributed by atoms with E-state index >= 15 is 0 Å². The van der Waals surface area contributed by atoms with Crippen LogP contribution in [0.5, 0.6) is 0 Å². The van der Waals surface area contributed by atoms with Crippen LogP contribution >= 0.6 is 15.9 Å². The molecule has 2 N–H and O–H groups in total. The smallest absolute Gasteiger partial charge is 0.166 e. The van der Waals surface area contributed by atoms with Crippen LogP contribution < -0.4 is 5.73 Å². The second-order valence-electron chi connectivity index (χ2n) is 4.21. The highest BCUT2D eigenvalue weighted by Gasteiger charge is 2.38. The van der Waals surface area contributed by atoms with Gasteiger partial charge in [-0.25, -0.2) is 13.2 Å². The SMILES string of the molecule is NC1(c2c(F)c(F)cc(Br)c2F)CCCC1. The lowest BCUT2D eigenvalue weighted by atomic mass is 9.88. The van der Waals surface area contributed by atoms with E-state index in [2.05, 4.69) is 15.9 Å². The summed E-state index contributed by atoms with van der Waals surface area (Å²) in [6, 6.07) is 0.784. The van der Waals surface area contributed by atoms with Crippen LogP contribution in [0.25, 0.3) is 0 Å². The van der Waals surface area contributed by atoms with Gasteiger partial charge in [-0.15, -0.1) is 0 Å². The molecule has 1 aromatic rings. The van der Waals surface area contributed by atoms with Crippen molar-refractivity contribution >= 4 is 15.9 Å². The molecule has 0 radical (unpaired) electrons. The largest absolute Gasteiger partial charge is 0.321 e. The molecule has 0 unspecified atom stereocenters. The zero-order chi connectivity index (χ0) is 11.9. The first kappa shape index (κ1) is 11.9. The average molecular weight is 294 g/mol. The van der Waals surface area contributed by atoms with Crippen molar-refractivity contribution in [3.8, 4) is 0 Å². The fourth-order valence-corrected chi connectivity index (χ4v) is 2.67. The van der Waals surface area contributed by atoms with Crippen LogP contribution in [0.3, 0.4) is 0 Å². The van der Waals surface area contributed by atoms with Gasteiger partial charge in [0.15, 0.2) is 11.6 Å². The van der Waals surface area contributed by atoms with E-state index < -0.39 is 23.0 Å². The Morgan fingerprint density at radius 2 is 1.69 bits per heavy atom. The number of rotatable bonds is 1. The number of hydrogen-bond donors (Lipinski definition) is 1. The van der Waals surface area contributed by atoms with Gasteiger partial charge in [0.05, 0.1) is 4.47 Å². The lowest BCUT2D eigenvalue weighted by Crippen LogP contribution is -2.35. The maximum absolute atomic E-state index is 13.8. The molecule has 1 aromatic carbocycles. The summed E-state index contributed by atoms with van der Waals surface area (Å²) in [6.07, 6.45) is 2.58. The van der Waals surface area contributed by atoms with Crippen molar-refractivity contribution in [3.63, 3.8) is 0 Å². The molecule has 88 valence electrons. The van der Waals surface area contributed by atoms with Crippen LogP contribution in [0.2, 0.25) is 0 Å². The Bertz CT molecular complexity index is 401. The molecule has 1 nitrogen and oxygen atoms in total. The van der Waals surface area contributed by atoms with Gasteiger partial charge in [0.2, 0.25) is 0 Å². The quantitative estimate of drug-likeness (QED) is 0.787. The Morgan fingerprint density at radius 3 is 2.25 bits per heavy atom. The van der Waals surface area contributed by atoms with E-state index in [1.807, 2.05) is 0 Å². The summed E-state index contributed by atoms with van der Waals surface area (Å²) in [6.45, 7) is 0. The molecule has 0 heterocycles. The van der Waals surface area contributed by atoms with Gasteiger partial charge < -0.3 is 5.73 Å². The van der Waals surface area contributed by atoms with Gasteiger partial charge in [0.25, 0.3) is 0 Å². The Morgan fingerprint density at radius 1 is 1.12 bits per heavy atom. The molecule has 1 aliphatic carbocycles. The monoisotopic (exact) mass is 293 g/mol. The summed E-state index contributed by atoms with van der Waals surface area (Å²) in [5, 5.41) is 0. The third-order valence-electron chi connectivity index (χ3n) is 3.11. The predicted octanol–water partition coefficient (Wildman–Crippen LogP) is 3.59. The number of halogens is 4. The van der Waals surface area contributed by atoms with Crippen LogP contribution in [0.1, 0.15) is 31.2 Å². The maximum Gasteiger partial charge on any atom is 0.166 e. The molecule has 0 atom stereocenters. The Labute approximate surface area is 100.0 Å². The molecule has 2 rings (SSSR count). The highest BCUT2D eigenvalue weighted by Crippen LogP contribution is 2.40. The van der Waals surface area contributed by atoms with Crippen LogP contribution in [0, 0.1) is 17.5 Å². The third kappa shape index (κ3) is 1.76. The van der Waals surface area contributed by atoms with Crippen molar-refractivity contribution < 1.29 is 13.2 Å². The van der Waals surface area contributed by atoms with E-state index in [9.17, 15) is 13.2 Å². The van der Waals surface area contributed by atoms with Crippen molar-refractivity contribution in [2.75, 3.05) is 0 Å². The Balaban J connectivity index is 2.63. The molecule has 5 heteroatoms. The van der Waals surface area contributed by atoms with Crippen molar-refractivity contribution in [1.29, 1.82) is 0 Å². The first-order valence-electron chi connectivity index (χ1n) is 5.08. The predicted molar refractivity (Wildman–Crippen MR) is 58.3 cm³/mol. The molecule has 1 fully saturated rings. The highest BCUT2D eigenvalue weighted by molar-refractivity contribution is 9.10. The normalized spacial score (nSPS) is 19.1. The molecule has 0 aromatic heterocycles. The molecule has 0 bridgehead atoms. The second kappa shape index (κ2) is 4.04. The minimum absolute atomic E-state index is 0.0851. The van der Waals surface area contributed by atoms with Crippen LogP contribution in [-0.2, 0) is 5.54 Å². The first-order chi connectivity index (χ1) is 7.46. The van der Waals surface area contributed by atoms with Gasteiger partial charge in [-0.1, -0.05) is 12.8 Å². The molecule has 16 heavy (non-hydrogen) atoms. The number of benzene rings is 1. The topological polar surface area (TPSA) is 26.0 Å². The van der Waals surface area contributed by atoms with Crippen molar-refractivity contribution in [2.24, 2.45) is 5.73 Å². The highest BCUT2D eigenvalue weighted by atomic mass is 79.9. The molecule has 0 aliphatic heterocycles. The van der Waals surface area contributed by atoms with Crippen molar-refractivity contribution in [1.82, 2.24) is 0 Å². The van der Waals surface area contributed by atoms with Gasteiger partial charge in [0.1, 0.15) is 5.82 Å². The molecular weight excluding hydrogens is 283 g/mol. The van der Waals surface area contributed by atoms with E-state index in [0.717, 1.165) is 18.9 Å². The molecule has 0 saturated heterocycles. The van der Waals surface area contributed by atoms with E-state index in [0.29, 0.717) is 12.8 Å². The van der Waals surface area contributed by atoms with E-state index in [1.165, 1.54) is 0 Å². The lowest BCUT2D eigenvalue weighted by Gasteiger charge is -2.25. The summed E-state index contributed by atoms with van der Waals surface area (Å²) >= 11 is 2.87. The maximum atomic E-state index is 13.8. The van der Waals surface area contributed by atoms with Gasteiger partial charge in [-0.2, -0.15) is 0 Å². The standard InChI is InChI=1S/C11H11BrF3N/c12-6-5-7(13)10(15)8(9(6)14)11(16)3-1-2-4-11/h5H,1-4,16H2. The summed E-state index contributed by atoms with van der Waals surface area (Å²) in [7, 11) is 0. The fourth-order valence-electron chi connectivity index (χ4n) is 2.27. The zero-order valence-electron chi connectivity index (χ0n) is 8.49. The van der Waals surface area contributed by atoms with E-state index in [1.54, 1.807) is 0 Å². The molecule has 1 saturated carbocycles. The van der Waals surface area contributed by atoms with Crippen LogP contribution in [-0.4, -0.2) is 0 Å².